The third-order valence-electron chi connectivity index (χ3n) is 2.72. The molecule has 1 aromatic heterocycles. The molecule has 0 fully saturated rings. The maximum atomic E-state index is 5.93. The lowest BCUT2D eigenvalue weighted by Crippen LogP contribution is -2.08. The van der Waals surface area contributed by atoms with Crippen molar-refractivity contribution < 1.29 is 9.47 Å². The van der Waals surface area contributed by atoms with Crippen molar-refractivity contribution in [1.29, 1.82) is 0 Å². The molecule has 0 bridgehead atoms. The Kier molecular flexibility index (Phi) is 4.30. The minimum atomic E-state index is 0.457. The van der Waals surface area contributed by atoms with Crippen LogP contribution >= 0.6 is 0 Å². The lowest BCUT2D eigenvalue weighted by molar-refractivity contribution is 0.321. The highest BCUT2D eigenvalue weighted by atomic mass is 16.5. The van der Waals surface area contributed by atoms with Crippen LogP contribution in [0.25, 0.3) is 0 Å². The quantitative estimate of drug-likeness (QED) is 0.849. The normalized spacial score (nSPS) is 10.2. The first-order chi connectivity index (χ1) is 9.60. The van der Waals surface area contributed by atoms with E-state index in [0.717, 1.165) is 5.69 Å². The zero-order valence-electron chi connectivity index (χ0n) is 12.0. The zero-order valence-corrected chi connectivity index (χ0v) is 12.0. The molecule has 0 atom stereocenters. The summed E-state index contributed by atoms with van der Waals surface area (Å²) in [6.07, 6.45) is 0. The highest BCUT2D eigenvalue weighted by Crippen LogP contribution is 2.30. The summed E-state index contributed by atoms with van der Waals surface area (Å²) in [5.41, 5.74) is 7.51. The first kappa shape index (κ1) is 14.0. The van der Waals surface area contributed by atoms with Gasteiger partial charge in [-0.3, -0.25) is 0 Å². The van der Waals surface area contributed by atoms with Crippen LogP contribution in [-0.2, 0) is 0 Å². The Morgan fingerprint density at radius 1 is 1.15 bits per heavy atom. The molecule has 1 aromatic carbocycles. The molecule has 2 N–H and O–H groups in total. The molecular weight excluding hydrogens is 254 g/mol. The van der Waals surface area contributed by atoms with E-state index in [1.54, 1.807) is 12.1 Å². The number of aromatic nitrogens is 1. The molecule has 1 heterocycles. The number of benzene rings is 1. The number of ether oxygens (including phenoxy) is 2. The van der Waals surface area contributed by atoms with E-state index in [9.17, 15) is 0 Å². The van der Waals surface area contributed by atoms with Crippen LogP contribution in [0.15, 0.2) is 36.4 Å². The monoisotopic (exact) mass is 273 g/mol. The summed E-state index contributed by atoms with van der Waals surface area (Å²) in [6.45, 7) is 2.47. The molecule has 0 unspecified atom stereocenters. The summed E-state index contributed by atoms with van der Waals surface area (Å²) in [4.78, 5) is 6.24. The largest absolute Gasteiger partial charge is 0.478 e. The average Bonchev–Trinajstić information content (AvgIpc) is 2.42. The van der Waals surface area contributed by atoms with Gasteiger partial charge in [0.15, 0.2) is 5.75 Å². The van der Waals surface area contributed by atoms with E-state index in [4.69, 9.17) is 15.2 Å². The predicted molar refractivity (Wildman–Crippen MR) is 80.7 cm³/mol. The molecule has 0 saturated carbocycles. The van der Waals surface area contributed by atoms with Crippen LogP contribution < -0.4 is 20.1 Å². The summed E-state index contributed by atoms with van der Waals surface area (Å²) in [6, 6.07) is 11.0. The summed E-state index contributed by atoms with van der Waals surface area (Å²) < 4.78 is 11.1. The SMILES string of the molecule is CCOc1cccc(Oc2cc(N(C)C)ccc2N)n1. The fraction of sp³-hybridized carbons (Fsp3) is 0.267. The van der Waals surface area contributed by atoms with Crippen LogP contribution in [0.5, 0.6) is 17.5 Å². The van der Waals surface area contributed by atoms with Gasteiger partial charge < -0.3 is 20.1 Å². The van der Waals surface area contributed by atoms with Crippen molar-refractivity contribution in [3.8, 4) is 17.5 Å². The molecule has 2 rings (SSSR count). The molecule has 0 aliphatic carbocycles. The molecule has 2 aromatic rings. The molecule has 0 aliphatic rings. The average molecular weight is 273 g/mol. The molecule has 0 aliphatic heterocycles. The molecule has 5 nitrogen and oxygen atoms in total. The Bertz CT molecular complexity index is 585. The zero-order chi connectivity index (χ0) is 14.5. The number of nitrogens with two attached hydrogens (primary N) is 1. The molecule has 0 radical (unpaired) electrons. The van der Waals surface area contributed by atoms with Crippen molar-refractivity contribution in [2.75, 3.05) is 31.3 Å². The Hall–Kier alpha value is -2.43. The summed E-state index contributed by atoms with van der Waals surface area (Å²) in [5.74, 6) is 1.57. The topological polar surface area (TPSA) is 60.6 Å². The van der Waals surface area contributed by atoms with Crippen molar-refractivity contribution in [1.82, 2.24) is 4.98 Å². The van der Waals surface area contributed by atoms with Crippen molar-refractivity contribution in [2.45, 2.75) is 6.92 Å². The van der Waals surface area contributed by atoms with Crippen molar-refractivity contribution in [2.24, 2.45) is 0 Å². The summed E-state index contributed by atoms with van der Waals surface area (Å²) >= 11 is 0. The predicted octanol–water partition coefficient (Wildman–Crippen LogP) is 2.92. The second-order valence-electron chi connectivity index (χ2n) is 4.47. The Morgan fingerprint density at radius 2 is 1.90 bits per heavy atom. The third-order valence-corrected chi connectivity index (χ3v) is 2.72. The summed E-state index contributed by atoms with van der Waals surface area (Å²) in [5, 5.41) is 0. The molecule has 5 heteroatoms. The Balaban J connectivity index is 2.25. The molecule has 20 heavy (non-hydrogen) atoms. The molecule has 0 spiro atoms. The van der Waals surface area contributed by atoms with E-state index in [1.165, 1.54) is 0 Å². The van der Waals surface area contributed by atoms with Gasteiger partial charge in [-0.15, -0.1) is 0 Å². The van der Waals surface area contributed by atoms with Crippen molar-refractivity contribution in [3.63, 3.8) is 0 Å². The van der Waals surface area contributed by atoms with Crippen molar-refractivity contribution in [3.05, 3.63) is 36.4 Å². The lowest BCUT2D eigenvalue weighted by Gasteiger charge is -2.15. The van der Waals surface area contributed by atoms with E-state index in [1.807, 2.05) is 50.2 Å². The lowest BCUT2D eigenvalue weighted by atomic mass is 10.2. The Labute approximate surface area is 118 Å². The molecular formula is C15H19N3O2. The van der Waals surface area contributed by atoms with Gasteiger partial charge in [-0.2, -0.15) is 4.98 Å². The second kappa shape index (κ2) is 6.14. The smallest absolute Gasteiger partial charge is 0.222 e. The van der Waals surface area contributed by atoms with E-state index >= 15 is 0 Å². The fourth-order valence-corrected chi connectivity index (χ4v) is 1.68. The third kappa shape index (κ3) is 3.32. The maximum absolute atomic E-state index is 5.93. The molecule has 106 valence electrons. The van der Waals surface area contributed by atoms with Crippen LogP contribution in [0, 0.1) is 0 Å². The number of hydrogen-bond donors (Lipinski definition) is 1. The molecule has 0 amide bonds. The van der Waals surface area contributed by atoms with Gasteiger partial charge in [0.05, 0.1) is 12.3 Å². The van der Waals surface area contributed by atoms with Crippen molar-refractivity contribution >= 4 is 11.4 Å². The van der Waals surface area contributed by atoms with Crippen LogP contribution in [0.4, 0.5) is 11.4 Å². The number of nitrogens with zero attached hydrogens (tertiary/aromatic N) is 2. The van der Waals surface area contributed by atoms with Crippen LogP contribution in [-0.4, -0.2) is 25.7 Å². The van der Waals surface area contributed by atoms with Gasteiger partial charge in [0.1, 0.15) is 0 Å². The number of rotatable bonds is 5. The second-order valence-corrected chi connectivity index (χ2v) is 4.47. The van der Waals surface area contributed by atoms with Gasteiger partial charge in [0.2, 0.25) is 11.8 Å². The van der Waals surface area contributed by atoms with Crippen LogP contribution in [0.2, 0.25) is 0 Å². The van der Waals surface area contributed by atoms with E-state index < -0.39 is 0 Å². The number of pyridine rings is 1. The van der Waals surface area contributed by atoms with Crippen LogP contribution in [0.1, 0.15) is 6.92 Å². The van der Waals surface area contributed by atoms with Gasteiger partial charge >= 0.3 is 0 Å². The highest BCUT2D eigenvalue weighted by molar-refractivity contribution is 5.62. The highest BCUT2D eigenvalue weighted by Gasteiger charge is 2.07. The summed E-state index contributed by atoms with van der Waals surface area (Å²) in [7, 11) is 3.92. The minimum Gasteiger partial charge on any atom is -0.478 e. The number of anilines is 2. The van der Waals surface area contributed by atoms with E-state index in [0.29, 0.717) is 29.8 Å². The fourth-order valence-electron chi connectivity index (χ4n) is 1.68. The first-order valence-electron chi connectivity index (χ1n) is 6.44. The van der Waals surface area contributed by atoms with Gasteiger partial charge in [-0.05, 0) is 19.1 Å². The standard InChI is InChI=1S/C15H19N3O2/c1-4-19-14-6-5-7-15(17-14)20-13-10-11(18(2)3)8-9-12(13)16/h5-10H,4,16H2,1-3H3. The maximum Gasteiger partial charge on any atom is 0.222 e. The number of nitrogen functional groups attached to an aromatic ring is 1. The van der Waals surface area contributed by atoms with E-state index in [2.05, 4.69) is 4.98 Å². The first-order valence-corrected chi connectivity index (χ1v) is 6.44. The Morgan fingerprint density at radius 3 is 2.60 bits per heavy atom. The van der Waals surface area contributed by atoms with E-state index in [-0.39, 0.29) is 0 Å². The van der Waals surface area contributed by atoms with Gasteiger partial charge in [-0.25, -0.2) is 0 Å². The number of hydrogen-bond acceptors (Lipinski definition) is 5. The minimum absolute atomic E-state index is 0.457. The van der Waals surface area contributed by atoms with Crippen LogP contribution in [0.3, 0.4) is 0 Å². The van der Waals surface area contributed by atoms with Gasteiger partial charge in [0.25, 0.3) is 0 Å². The van der Waals surface area contributed by atoms with Gasteiger partial charge in [-0.1, -0.05) is 6.07 Å². The molecule has 0 saturated heterocycles. The van der Waals surface area contributed by atoms with Gasteiger partial charge in [0, 0.05) is 38.0 Å².